The van der Waals surface area contributed by atoms with Crippen LogP contribution in [0.4, 0.5) is 0 Å². The maximum absolute atomic E-state index is 12.1. The van der Waals surface area contributed by atoms with Gasteiger partial charge in [0.1, 0.15) is 15.8 Å². The Bertz CT molecular complexity index is 584. The number of hydrogen-bond acceptors (Lipinski definition) is 5. The summed E-state index contributed by atoms with van der Waals surface area (Å²) in [5.74, 6) is -1.90. The molecule has 0 bridgehead atoms. The Labute approximate surface area is 117 Å². The van der Waals surface area contributed by atoms with Crippen LogP contribution in [0.25, 0.3) is 0 Å². The number of oxime groups is 1. The summed E-state index contributed by atoms with van der Waals surface area (Å²) in [6.07, 6.45) is 1.08. The van der Waals surface area contributed by atoms with Crippen molar-refractivity contribution in [2.75, 3.05) is 18.6 Å². The average Bonchev–Trinajstić information content (AvgIpc) is 2.38. The molecular formula is C12H17N3O4S. The van der Waals surface area contributed by atoms with Gasteiger partial charge in [-0.05, 0) is 5.56 Å². The molecule has 0 aliphatic heterocycles. The summed E-state index contributed by atoms with van der Waals surface area (Å²) >= 11 is 0. The summed E-state index contributed by atoms with van der Waals surface area (Å²) in [5, 5.41) is 14.1. The van der Waals surface area contributed by atoms with Crippen LogP contribution in [0.1, 0.15) is 11.5 Å². The van der Waals surface area contributed by atoms with Gasteiger partial charge in [0.2, 0.25) is 5.91 Å². The molecule has 110 valence electrons. The number of nitrogens with one attached hydrogen (secondary N) is 1. The molecule has 0 saturated heterocycles. The second-order valence-corrected chi connectivity index (χ2v) is 6.55. The molecule has 1 amide bonds. The molecule has 20 heavy (non-hydrogen) atoms. The molecule has 1 aromatic rings. The standard InChI is InChI=1S/C12H17N3O4S/c1-20(18,19)8-7-14-12(16)10(11(13)15-17)9-5-3-2-4-6-9/h2-6,10,17H,7-8H2,1H3,(H2,13,15)(H,14,16). The number of sulfone groups is 1. The first-order chi connectivity index (χ1) is 9.35. The number of amidine groups is 1. The van der Waals surface area contributed by atoms with Gasteiger partial charge in [0, 0.05) is 12.8 Å². The van der Waals surface area contributed by atoms with Crippen LogP contribution in [0, 0.1) is 0 Å². The van der Waals surface area contributed by atoms with Crippen LogP contribution in [0.5, 0.6) is 0 Å². The second-order valence-electron chi connectivity index (χ2n) is 4.29. The molecule has 8 heteroatoms. The van der Waals surface area contributed by atoms with Gasteiger partial charge in [0.25, 0.3) is 0 Å². The molecule has 0 saturated carbocycles. The van der Waals surface area contributed by atoms with Crippen LogP contribution in [-0.4, -0.2) is 43.9 Å². The number of rotatable bonds is 6. The number of carbonyl (C=O) groups is 1. The fourth-order valence-corrected chi connectivity index (χ4v) is 2.09. The minimum absolute atomic E-state index is 0.0281. The van der Waals surface area contributed by atoms with Crippen LogP contribution >= 0.6 is 0 Å². The van der Waals surface area contributed by atoms with Crippen molar-refractivity contribution in [3.8, 4) is 0 Å². The van der Waals surface area contributed by atoms with E-state index >= 15 is 0 Å². The number of hydrogen-bond donors (Lipinski definition) is 3. The zero-order chi connectivity index (χ0) is 15.2. The van der Waals surface area contributed by atoms with Crippen molar-refractivity contribution in [1.82, 2.24) is 5.32 Å². The monoisotopic (exact) mass is 299 g/mol. The maximum Gasteiger partial charge on any atom is 0.235 e. The molecule has 0 radical (unpaired) electrons. The van der Waals surface area contributed by atoms with E-state index in [0.29, 0.717) is 5.56 Å². The van der Waals surface area contributed by atoms with Gasteiger partial charge in [-0.1, -0.05) is 35.5 Å². The van der Waals surface area contributed by atoms with Crippen LogP contribution in [0.2, 0.25) is 0 Å². The summed E-state index contributed by atoms with van der Waals surface area (Å²) in [7, 11) is -3.16. The molecule has 0 aliphatic rings. The molecule has 7 nitrogen and oxygen atoms in total. The van der Waals surface area contributed by atoms with E-state index in [1.165, 1.54) is 0 Å². The first-order valence-corrected chi connectivity index (χ1v) is 7.89. The van der Waals surface area contributed by atoms with Gasteiger partial charge < -0.3 is 16.3 Å². The van der Waals surface area contributed by atoms with Gasteiger partial charge >= 0.3 is 0 Å². The van der Waals surface area contributed by atoms with Crippen LogP contribution in [-0.2, 0) is 14.6 Å². The van der Waals surface area contributed by atoms with Gasteiger partial charge in [0.05, 0.1) is 5.75 Å². The molecular weight excluding hydrogens is 282 g/mol. The lowest BCUT2D eigenvalue weighted by Crippen LogP contribution is -2.39. The van der Waals surface area contributed by atoms with Crippen LogP contribution < -0.4 is 11.1 Å². The van der Waals surface area contributed by atoms with Gasteiger partial charge in [-0.15, -0.1) is 0 Å². The van der Waals surface area contributed by atoms with Crippen molar-refractivity contribution in [2.45, 2.75) is 5.92 Å². The lowest BCUT2D eigenvalue weighted by atomic mass is 9.97. The van der Waals surface area contributed by atoms with E-state index in [1.807, 2.05) is 0 Å². The molecule has 4 N–H and O–H groups in total. The first kappa shape index (κ1) is 16.0. The zero-order valence-corrected chi connectivity index (χ0v) is 11.8. The van der Waals surface area contributed by atoms with Crippen molar-refractivity contribution in [1.29, 1.82) is 0 Å². The summed E-state index contributed by atoms with van der Waals surface area (Å²) in [5.41, 5.74) is 6.08. The number of carbonyl (C=O) groups excluding carboxylic acids is 1. The molecule has 1 aromatic carbocycles. The summed E-state index contributed by atoms with van der Waals surface area (Å²) < 4.78 is 22.0. The van der Waals surface area contributed by atoms with Gasteiger partial charge in [0.15, 0.2) is 5.84 Å². The Morgan fingerprint density at radius 1 is 1.40 bits per heavy atom. The van der Waals surface area contributed by atoms with Crippen molar-refractivity contribution >= 4 is 21.6 Å². The molecule has 1 unspecified atom stereocenters. The molecule has 0 aliphatic carbocycles. The predicted molar refractivity (Wildman–Crippen MR) is 75.3 cm³/mol. The van der Waals surface area contributed by atoms with Crippen molar-refractivity contribution in [2.24, 2.45) is 10.9 Å². The van der Waals surface area contributed by atoms with E-state index in [-0.39, 0.29) is 18.1 Å². The number of nitrogens with zero attached hydrogens (tertiary/aromatic N) is 1. The summed E-state index contributed by atoms with van der Waals surface area (Å²) in [6, 6.07) is 8.54. The largest absolute Gasteiger partial charge is 0.409 e. The number of amides is 1. The molecule has 0 aromatic heterocycles. The minimum atomic E-state index is -3.16. The topological polar surface area (TPSA) is 122 Å². The highest BCUT2D eigenvalue weighted by Crippen LogP contribution is 2.15. The molecule has 1 atom stereocenters. The van der Waals surface area contributed by atoms with Crippen molar-refractivity contribution in [3.05, 3.63) is 35.9 Å². The fourth-order valence-electron chi connectivity index (χ4n) is 1.62. The number of benzene rings is 1. The number of nitrogens with two attached hydrogens (primary N) is 1. The minimum Gasteiger partial charge on any atom is -0.409 e. The van der Waals surface area contributed by atoms with E-state index in [4.69, 9.17) is 10.9 Å². The second kappa shape index (κ2) is 6.90. The SMILES string of the molecule is CS(=O)(=O)CCNC(=O)C(C(N)=NO)c1ccccc1. The predicted octanol–water partition coefficient (Wildman–Crippen LogP) is -0.323. The lowest BCUT2D eigenvalue weighted by molar-refractivity contribution is -0.121. The summed E-state index contributed by atoms with van der Waals surface area (Å²) in [4.78, 5) is 12.1. The van der Waals surface area contributed by atoms with Crippen LogP contribution in [0.15, 0.2) is 35.5 Å². The Hall–Kier alpha value is -2.09. The highest BCUT2D eigenvalue weighted by molar-refractivity contribution is 7.90. The van der Waals surface area contributed by atoms with E-state index in [0.717, 1.165) is 6.26 Å². The van der Waals surface area contributed by atoms with Gasteiger partial charge in [-0.25, -0.2) is 8.42 Å². The Balaban J connectivity index is 2.82. The molecule has 1 rings (SSSR count). The maximum atomic E-state index is 12.1. The Morgan fingerprint density at radius 2 is 2.00 bits per heavy atom. The highest BCUT2D eigenvalue weighted by atomic mass is 32.2. The molecule has 0 heterocycles. The molecule has 0 fully saturated rings. The summed E-state index contributed by atoms with van der Waals surface area (Å²) in [6.45, 7) is -0.0281. The third-order valence-electron chi connectivity index (χ3n) is 2.58. The van der Waals surface area contributed by atoms with E-state index < -0.39 is 21.7 Å². The van der Waals surface area contributed by atoms with Crippen molar-refractivity contribution < 1.29 is 18.4 Å². The third kappa shape index (κ3) is 4.88. The third-order valence-corrected chi connectivity index (χ3v) is 3.52. The Morgan fingerprint density at radius 3 is 2.50 bits per heavy atom. The zero-order valence-electron chi connectivity index (χ0n) is 11.0. The van der Waals surface area contributed by atoms with Gasteiger partial charge in [-0.2, -0.15) is 0 Å². The van der Waals surface area contributed by atoms with E-state index in [1.54, 1.807) is 30.3 Å². The lowest BCUT2D eigenvalue weighted by Gasteiger charge is -2.15. The normalized spacial score (nSPS) is 13.8. The van der Waals surface area contributed by atoms with E-state index in [2.05, 4.69) is 10.5 Å². The fraction of sp³-hybridized carbons (Fsp3) is 0.333. The van der Waals surface area contributed by atoms with Gasteiger partial charge in [-0.3, -0.25) is 4.79 Å². The van der Waals surface area contributed by atoms with Crippen LogP contribution in [0.3, 0.4) is 0 Å². The average molecular weight is 299 g/mol. The Kier molecular flexibility index (Phi) is 5.51. The molecule has 0 spiro atoms. The van der Waals surface area contributed by atoms with Crippen molar-refractivity contribution in [3.63, 3.8) is 0 Å². The smallest absolute Gasteiger partial charge is 0.235 e. The first-order valence-electron chi connectivity index (χ1n) is 5.83. The highest BCUT2D eigenvalue weighted by Gasteiger charge is 2.25. The van der Waals surface area contributed by atoms with E-state index in [9.17, 15) is 13.2 Å². The quantitative estimate of drug-likeness (QED) is 0.287.